The van der Waals surface area contributed by atoms with Gasteiger partial charge in [0.15, 0.2) is 9.84 Å². The quantitative estimate of drug-likeness (QED) is 0.863. The van der Waals surface area contributed by atoms with E-state index in [1.165, 1.54) is 0 Å². The average molecular weight is 375 g/mol. The van der Waals surface area contributed by atoms with Gasteiger partial charge >= 0.3 is 0 Å². The van der Waals surface area contributed by atoms with Crippen LogP contribution in [0.1, 0.15) is 13.3 Å². The highest BCUT2D eigenvalue weighted by molar-refractivity contribution is 9.10. The summed E-state index contributed by atoms with van der Waals surface area (Å²) in [6.45, 7) is 2.78. The third-order valence-corrected chi connectivity index (χ3v) is 6.06. The topological polar surface area (TPSA) is 80.5 Å². The molecular weight excluding hydrogens is 356 g/mol. The molecule has 2 atom stereocenters. The fraction of sp³-hybridized carbons (Fsp3) is 0.500. The van der Waals surface area contributed by atoms with Gasteiger partial charge < -0.3 is 10.6 Å². The molecule has 2 N–H and O–H groups in total. The standard InChI is InChI=1S/C14H19BrN2O3S/c1-10(14(18)17-7-6-12(16)8-17)9-21(19,20)13-4-2-11(15)3-5-13/h2-5,10,12H,6-9,16H2,1H3/t10-,12-/m1/s1. The zero-order chi connectivity index (χ0) is 15.6. The number of nitrogens with two attached hydrogens (primary N) is 1. The van der Waals surface area contributed by atoms with Crippen LogP contribution in [-0.4, -0.2) is 44.1 Å². The number of rotatable bonds is 4. The highest BCUT2D eigenvalue weighted by Crippen LogP contribution is 2.19. The van der Waals surface area contributed by atoms with Gasteiger partial charge in [0, 0.05) is 29.5 Å². The molecule has 1 heterocycles. The van der Waals surface area contributed by atoms with Gasteiger partial charge in [-0.1, -0.05) is 22.9 Å². The van der Waals surface area contributed by atoms with E-state index < -0.39 is 15.8 Å². The van der Waals surface area contributed by atoms with E-state index in [9.17, 15) is 13.2 Å². The average Bonchev–Trinajstić information content (AvgIpc) is 2.84. The normalized spacial score (nSPS) is 20.5. The van der Waals surface area contributed by atoms with Crippen LogP contribution < -0.4 is 5.73 Å². The fourth-order valence-corrected chi connectivity index (χ4v) is 4.25. The van der Waals surface area contributed by atoms with Crippen molar-refractivity contribution in [1.29, 1.82) is 0 Å². The molecule has 0 unspecified atom stereocenters. The van der Waals surface area contributed by atoms with Crippen molar-refractivity contribution in [2.75, 3.05) is 18.8 Å². The lowest BCUT2D eigenvalue weighted by molar-refractivity contribution is -0.133. The van der Waals surface area contributed by atoms with E-state index in [0.717, 1.165) is 10.9 Å². The van der Waals surface area contributed by atoms with Crippen LogP contribution in [0.25, 0.3) is 0 Å². The van der Waals surface area contributed by atoms with E-state index in [2.05, 4.69) is 15.9 Å². The summed E-state index contributed by atoms with van der Waals surface area (Å²) in [7, 11) is -3.46. The molecule has 1 aliphatic rings. The number of hydrogen-bond acceptors (Lipinski definition) is 4. The van der Waals surface area contributed by atoms with Gasteiger partial charge in [-0.2, -0.15) is 0 Å². The number of likely N-dealkylation sites (tertiary alicyclic amines) is 1. The molecule has 0 spiro atoms. The number of benzene rings is 1. The summed E-state index contributed by atoms with van der Waals surface area (Å²) in [6.07, 6.45) is 0.776. The van der Waals surface area contributed by atoms with Gasteiger partial charge in [0.25, 0.3) is 0 Å². The van der Waals surface area contributed by atoms with Crippen LogP contribution in [0.3, 0.4) is 0 Å². The minimum absolute atomic E-state index is 0.00392. The summed E-state index contributed by atoms with van der Waals surface area (Å²) >= 11 is 3.27. The summed E-state index contributed by atoms with van der Waals surface area (Å²) in [5.74, 6) is -0.883. The Kier molecular flexibility index (Phi) is 5.06. The highest BCUT2D eigenvalue weighted by atomic mass is 79.9. The highest BCUT2D eigenvalue weighted by Gasteiger charge is 2.30. The van der Waals surface area contributed by atoms with E-state index >= 15 is 0 Å². The Morgan fingerprint density at radius 3 is 2.57 bits per heavy atom. The van der Waals surface area contributed by atoms with Crippen LogP contribution in [0.15, 0.2) is 33.6 Å². The number of halogens is 1. The van der Waals surface area contributed by atoms with Crippen LogP contribution in [0.4, 0.5) is 0 Å². The molecule has 2 rings (SSSR count). The van der Waals surface area contributed by atoms with Crippen LogP contribution in [0.5, 0.6) is 0 Å². The molecule has 1 aromatic carbocycles. The summed E-state index contributed by atoms with van der Waals surface area (Å²) in [4.78, 5) is 14.2. The van der Waals surface area contributed by atoms with E-state index in [1.54, 1.807) is 36.1 Å². The lowest BCUT2D eigenvalue weighted by atomic mass is 10.2. The van der Waals surface area contributed by atoms with Crippen molar-refractivity contribution < 1.29 is 13.2 Å². The first-order valence-corrected chi connectivity index (χ1v) is 9.27. The van der Waals surface area contributed by atoms with Crippen LogP contribution in [0.2, 0.25) is 0 Å². The predicted molar refractivity (Wildman–Crippen MR) is 84.5 cm³/mol. The molecule has 1 aliphatic heterocycles. The van der Waals surface area contributed by atoms with E-state index in [0.29, 0.717) is 13.1 Å². The van der Waals surface area contributed by atoms with Crippen molar-refractivity contribution in [3.05, 3.63) is 28.7 Å². The monoisotopic (exact) mass is 374 g/mol. The van der Waals surface area contributed by atoms with Crippen molar-refractivity contribution in [2.45, 2.75) is 24.3 Å². The van der Waals surface area contributed by atoms with Crippen molar-refractivity contribution >= 4 is 31.7 Å². The molecule has 7 heteroatoms. The molecule has 5 nitrogen and oxygen atoms in total. The second-order valence-corrected chi connectivity index (χ2v) is 8.42. The second-order valence-electron chi connectivity index (χ2n) is 5.47. The fourth-order valence-electron chi connectivity index (χ4n) is 2.44. The molecule has 1 fully saturated rings. The van der Waals surface area contributed by atoms with Crippen LogP contribution in [0, 0.1) is 5.92 Å². The first-order valence-electron chi connectivity index (χ1n) is 6.82. The Balaban J connectivity index is 2.05. The maximum Gasteiger partial charge on any atom is 0.226 e. The zero-order valence-electron chi connectivity index (χ0n) is 11.8. The van der Waals surface area contributed by atoms with E-state index in [4.69, 9.17) is 5.73 Å². The summed E-state index contributed by atoms with van der Waals surface area (Å²) in [5, 5.41) is 0. The van der Waals surface area contributed by atoms with Gasteiger partial charge in [-0.05, 0) is 30.7 Å². The smallest absolute Gasteiger partial charge is 0.226 e. The largest absolute Gasteiger partial charge is 0.341 e. The van der Waals surface area contributed by atoms with Crippen LogP contribution in [-0.2, 0) is 14.6 Å². The molecule has 1 aromatic rings. The van der Waals surface area contributed by atoms with Crippen molar-refractivity contribution in [3.63, 3.8) is 0 Å². The minimum atomic E-state index is -3.46. The second kappa shape index (κ2) is 6.46. The number of carbonyl (C=O) groups is 1. The van der Waals surface area contributed by atoms with E-state index in [-0.39, 0.29) is 22.6 Å². The maximum absolute atomic E-state index is 12.3. The predicted octanol–water partition coefficient (Wildman–Crippen LogP) is 1.42. The summed E-state index contributed by atoms with van der Waals surface area (Å²) in [6, 6.07) is 6.45. The lowest BCUT2D eigenvalue weighted by Crippen LogP contribution is -2.37. The molecule has 1 amide bonds. The van der Waals surface area contributed by atoms with Crippen molar-refractivity contribution in [1.82, 2.24) is 4.90 Å². The number of amides is 1. The van der Waals surface area contributed by atoms with Gasteiger partial charge in [-0.15, -0.1) is 0 Å². The Morgan fingerprint density at radius 2 is 2.05 bits per heavy atom. The molecule has 0 saturated carbocycles. The lowest BCUT2D eigenvalue weighted by Gasteiger charge is -2.20. The Morgan fingerprint density at radius 1 is 1.43 bits per heavy atom. The first kappa shape index (κ1) is 16.5. The summed E-state index contributed by atoms with van der Waals surface area (Å²) < 4.78 is 25.5. The molecule has 0 aromatic heterocycles. The molecule has 21 heavy (non-hydrogen) atoms. The van der Waals surface area contributed by atoms with Gasteiger partial charge in [0.05, 0.1) is 10.6 Å². The summed E-state index contributed by atoms with van der Waals surface area (Å²) in [5.41, 5.74) is 5.78. The Labute approximate surface area is 133 Å². The number of hydrogen-bond donors (Lipinski definition) is 1. The molecular formula is C14H19BrN2O3S. The third-order valence-electron chi connectivity index (χ3n) is 3.60. The van der Waals surface area contributed by atoms with Crippen molar-refractivity contribution in [2.24, 2.45) is 11.7 Å². The number of carbonyl (C=O) groups excluding carboxylic acids is 1. The van der Waals surface area contributed by atoms with Gasteiger partial charge in [0.1, 0.15) is 0 Å². The first-order chi connectivity index (χ1) is 9.79. The Hall–Kier alpha value is -0.920. The molecule has 0 radical (unpaired) electrons. The van der Waals surface area contributed by atoms with Gasteiger partial charge in [-0.25, -0.2) is 8.42 Å². The molecule has 0 aliphatic carbocycles. The molecule has 1 saturated heterocycles. The number of nitrogens with zero attached hydrogens (tertiary/aromatic N) is 1. The van der Waals surface area contributed by atoms with Crippen LogP contribution >= 0.6 is 15.9 Å². The molecule has 116 valence electrons. The van der Waals surface area contributed by atoms with E-state index in [1.807, 2.05) is 0 Å². The number of sulfone groups is 1. The Bertz CT molecular complexity index is 616. The SMILES string of the molecule is C[C@H](CS(=O)(=O)c1ccc(Br)cc1)C(=O)N1CC[C@@H](N)C1. The maximum atomic E-state index is 12.3. The van der Waals surface area contributed by atoms with Crippen molar-refractivity contribution in [3.8, 4) is 0 Å². The minimum Gasteiger partial charge on any atom is -0.341 e. The molecule has 0 bridgehead atoms. The third kappa shape index (κ3) is 4.05. The van der Waals surface area contributed by atoms with Gasteiger partial charge in [0.2, 0.25) is 5.91 Å². The van der Waals surface area contributed by atoms with Gasteiger partial charge in [-0.3, -0.25) is 4.79 Å². The zero-order valence-corrected chi connectivity index (χ0v) is 14.2.